The van der Waals surface area contributed by atoms with Crippen molar-refractivity contribution in [1.29, 1.82) is 0 Å². The summed E-state index contributed by atoms with van der Waals surface area (Å²) in [5.41, 5.74) is 1.25. The van der Waals surface area contributed by atoms with Gasteiger partial charge in [0.05, 0.1) is 6.10 Å². The molecule has 2 atom stereocenters. The van der Waals surface area contributed by atoms with Crippen LogP contribution in [-0.4, -0.2) is 31.3 Å². The highest BCUT2D eigenvalue weighted by atomic mass is 79.9. The van der Waals surface area contributed by atoms with Gasteiger partial charge in [0.1, 0.15) is 0 Å². The number of aromatic nitrogens is 1. The summed E-state index contributed by atoms with van der Waals surface area (Å²) in [6.07, 6.45) is 11.7. The van der Waals surface area contributed by atoms with Gasteiger partial charge in [-0.25, -0.2) is 0 Å². The number of pyridine rings is 1. The number of nitrogens with one attached hydrogen (secondary N) is 1. The minimum atomic E-state index is 0.291. The maximum Gasteiger partial charge on any atom is 0.0755 e. The Balaban J connectivity index is 2.04. The van der Waals surface area contributed by atoms with Gasteiger partial charge in [-0.2, -0.15) is 0 Å². The van der Waals surface area contributed by atoms with Crippen LogP contribution in [0.2, 0.25) is 0 Å². The molecule has 2 rings (SSSR count). The van der Waals surface area contributed by atoms with Crippen LogP contribution in [0.15, 0.2) is 22.9 Å². The van der Waals surface area contributed by atoms with E-state index in [0.29, 0.717) is 18.1 Å². The molecule has 20 heavy (non-hydrogen) atoms. The molecule has 4 heteroatoms. The lowest BCUT2D eigenvalue weighted by Gasteiger charge is -2.35. The predicted octanol–water partition coefficient (Wildman–Crippen LogP) is 3.57. The van der Waals surface area contributed by atoms with Gasteiger partial charge in [-0.1, -0.05) is 19.3 Å². The third-order valence-electron chi connectivity index (χ3n) is 4.37. The van der Waals surface area contributed by atoms with Gasteiger partial charge in [0.2, 0.25) is 0 Å². The summed E-state index contributed by atoms with van der Waals surface area (Å²) in [4.78, 5) is 4.25. The first kappa shape index (κ1) is 15.9. The molecule has 1 aromatic rings. The van der Waals surface area contributed by atoms with Crippen LogP contribution in [-0.2, 0) is 11.2 Å². The van der Waals surface area contributed by atoms with Gasteiger partial charge in [0, 0.05) is 30.0 Å². The predicted molar refractivity (Wildman–Crippen MR) is 85.9 cm³/mol. The van der Waals surface area contributed by atoms with Gasteiger partial charge < -0.3 is 10.1 Å². The molecule has 2 unspecified atom stereocenters. The summed E-state index contributed by atoms with van der Waals surface area (Å²) in [6, 6.07) is 2.49. The van der Waals surface area contributed by atoms with E-state index >= 15 is 0 Å². The van der Waals surface area contributed by atoms with E-state index in [9.17, 15) is 0 Å². The van der Waals surface area contributed by atoms with E-state index in [2.05, 4.69) is 32.3 Å². The molecular formula is C16H25BrN2O. The molecule has 112 valence electrons. The van der Waals surface area contributed by atoms with E-state index in [1.807, 2.05) is 26.6 Å². The Labute approximate surface area is 130 Å². The fourth-order valence-electron chi connectivity index (χ4n) is 3.35. The smallest absolute Gasteiger partial charge is 0.0755 e. The molecule has 3 nitrogen and oxygen atoms in total. The van der Waals surface area contributed by atoms with Crippen LogP contribution < -0.4 is 5.32 Å². The summed E-state index contributed by atoms with van der Waals surface area (Å²) in [5.74, 6) is 0.686. The van der Waals surface area contributed by atoms with E-state index < -0.39 is 0 Å². The van der Waals surface area contributed by atoms with Gasteiger partial charge in [-0.15, -0.1) is 0 Å². The maximum absolute atomic E-state index is 5.85. The highest BCUT2D eigenvalue weighted by Gasteiger charge is 2.29. The van der Waals surface area contributed by atoms with Crippen LogP contribution in [0.25, 0.3) is 0 Å². The summed E-state index contributed by atoms with van der Waals surface area (Å²) >= 11 is 3.49. The lowest BCUT2D eigenvalue weighted by Crippen LogP contribution is -2.45. The van der Waals surface area contributed by atoms with Gasteiger partial charge in [0.25, 0.3) is 0 Å². The summed E-state index contributed by atoms with van der Waals surface area (Å²) in [7, 11) is 3.88. The standard InChI is InChI=1S/C16H25BrN2O/c1-18-15(9-12-8-14(17)11-19-10-12)16(20-2)13-6-4-3-5-7-13/h8,10-11,13,15-16,18H,3-7,9H2,1-2H3. The van der Waals surface area contributed by atoms with E-state index in [-0.39, 0.29) is 0 Å². The molecule has 1 N–H and O–H groups in total. The van der Waals surface area contributed by atoms with Crippen LogP contribution in [0.4, 0.5) is 0 Å². The van der Waals surface area contributed by atoms with E-state index in [1.165, 1.54) is 37.7 Å². The van der Waals surface area contributed by atoms with Gasteiger partial charge in [-0.3, -0.25) is 4.98 Å². The maximum atomic E-state index is 5.85. The summed E-state index contributed by atoms with van der Waals surface area (Å²) in [5, 5.41) is 3.45. The van der Waals surface area contributed by atoms with E-state index in [1.54, 1.807) is 0 Å². The lowest BCUT2D eigenvalue weighted by molar-refractivity contribution is 0.0101. The number of rotatable bonds is 6. The topological polar surface area (TPSA) is 34.2 Å². The van der Waals surface area contributed by atoms with Crippen LogP contribution in [0, 0.1) is 5.92 Å². The van der Waals surface area contributed by atoms with E-state index in [4.69, 9.17) is 4.74 Å². The molecule has 0 saturated heterocycles. The molecule has 0 radical (unpaired) electrons. The monoisotopic (exact) mass is 340 g/mol. The third kappa shape index (κ3) is 4.27. The van der Waals surface area contributed by atoms with Crippen molar-refractivity contribution in [3.63, 3.8) is 0 Å². The molecular weight excluding hydrogens is 316 g/mol. The Morgan fingerprint density at radius 3 is 2.70 bits per heavy atom. The molecule has 1 saturated carbocycles. The zero-order chi connectivity index (χ0) is 14.4. The largest absolute Gasteiger partial charge is 0.380 e. The molecule has 1 fully saturated rings. The highest BCUT2D eigenvalue weighted by molar-refractivity contribution is 9.10. The number of hydrogen-bond acceptors (Lipinski definition) is 3. The molecule has 0 spiro atoms. The fraction of sp³-hybridized carbons (Fsp3) is 0.688. The van der Waals surface area contributed by atoms with Crippen molar-refractivity contribution in [2.75, 3.05) is 14.2 Å². The molecule has 0 aromatic carbocycles. The molecule has 0 bridgehead atoms. The highest BCUT2D eigenvalue weighted by Crippen LogP contribution is 2.30. The number of ether oxygens (including phenoxy) is 1. The minimum Gasteiger partial charge on any atom is -0.380 e. The molecule has 1 aliphatic rings. The first-order valence-electron chi connectivity index (χ1n) is 7.54. The van der Waals surface area contributed by atoms with Crippen molar-refractivity contribution < 1.29 is 4.74 Å². The quantitative estimate of drug-likeness (QED) is 0.859. The molecule has 1 aliphatic carbocycles. The van der Waals surface area contributed by atoms with Gasteiger partial charge in [0.15, 0.2) is 0 Å². The number of likely N-dealkylation sites (N-methyl/N-ethyl adjacent to an activating group) is 1. The normalized spacial score (nSPS) is 19.8. The zero-order valence-corrected chi connectivity index (χ0v) is 14.0. The third-order valence-corrected chi connectivity index (χ3v) is 4.80. The number of nitrogens with zero attached hydrogens (tertiary/aromatic N) is 1. The Bertz CT molecular complexity index is 407. The summed E-state index contributed by atoms with van der Waals surface area (Å²) in [6.45, 7) is 0. The van der Waals surface area contributed by atoms with Crippen molar-refractivity contribution in [3.05, 3.63) is 28.5 Å². The Hall–Kier alpha value is -0.450. The van der Waals surface area contributed by atoms with Gasteiger partial charge >= 0.3 is 0 Å². The van der Waals surface area contributed by atoms with Crippen LogP contribution in [0.3, 0.4) is 0 Å². The fourth-order valence-corrected chi connectivity index (χ4v) is 3.76. The molecule has 1 heterocycles. The Morgan fingerprint density at radius 2 is 2.10 bits per heavy atom. The van der Waals surface area contributed by atoms with Crippen molar-refractivity contribution in [1.82, 2.24) is 10.3 Å². The average Bonchev–Trinajstić information content (AvgIpc) is 2.48. The Morgan fingerprint density at radius 1 is 1.35 bits per heavy atom. The number of methoxy groups -OCH3 is 1. The first-order chi connectivity index (χ1) is 9.74. The van der Waals surface area contributed by atoms with Crippen LogP contribution in [0.5, 0.6) is 0 Å². The Kier molecular flexibility index (Phi) is 6.46. The molecule has 0 amide bonds. The second kappa shape index (κ2) is 8.11. The van der Waals surface area contributed by atoms with Gasteiger partial charge in [-0.05, 0) is 59.8 Å². The molecule has 0 aliphatic heterocycles. The second-order valence-corrected chi connectivity index (χ2v) is 6.62. The van der Waals surface area contributed by atoms with Crippen molar-refractivity contribution >= 4 is 15.9 Å². The summed E-state index contributed by atoms with van der Waals surface area (Å²) < 4.78 is 6.89. The van der Waals surface area contributed by atoms with Crippen LogP contribution >= 0.6 is 15.9 Å². The lowest BCUT2D eigenvalue weighted by atomic mass is 9.81. The number of hydrogen-bond donors (Lipinski definition) is 1. The second-order valence-electron chi connectivity index (χ2n) is 5.71. The van der Waals surface area contributed by atoms with Crippen LogP contribution in [0.1, 0.15) is 37.7 Å². The van der Waals surface area contributed by atoms with E-state index in [0.717, 1.165) is 10.9 Å². The zero-order valence-electron chi connectivity index (χ0n) is 12.4. The first-order valence-corrected chi connectivity index (χ1v) is 8.33. The molecule has 1 aromatic heterocycles. The minimum absolute atomic E-state index is 0.291. The number of halogens is 1. The SMILES string of the molecule is CNC(Cc1cncc(Br)c1)C(OC)C1CCCCC1. The van der Waals surface area contributed by atoms with Crippen molar-refractivity contribution in [2.24, 2.45) is 5.92 Å². The average molecular weight is 341 g/mol. The van der Waals surface area contributed by atoms with Crippen molar-refractivity contribution in [3.8, 4) is 0 Å². The van der Waals surface area contributed by atoms with Crippen molar-refractivity contribution in [2.45, 2.75) is 50.7 Å².